The Kier molecular flexibility index (Phi) is 5.03. The summed E-state index contributed by atoms with van der Waals surface area (Å²) in [6.45, 7) is 2.92. The molecule has 1 aromatic rings. The minimum Gasteiger partial charge on any atom is -0.383 e. The molecular weight excluding hydrogens is 326 g/mol. The minimum absolute atomic E-state index is 0.477. The molecule has 2 fully saturated rings. The summed E-state index contributed by atoms with van der Waals surface area (Å²) in [6, 6.07) is 8.92. The highest BCUT2D eigenvalue weighted by molar-refractivity contribution is 9.10. The van der Waals surface area contributed by atoms with Gasteiger partial charge in [-0.1, -0.05) is 34.5 Å². The fraction of sp³-hybridized carbons (Fsp3) is 0.667. The van der Waals surface area contributed by atoms with Gasteiger partial charge in [-0.15, -0.1) is 0 Å². The molecule has 3 atom stereocenters. The second-order valence-electron chi connectivity index (χ2n) is 6.92. The first-order valence-electron chi connectivity index (χ1n) is 8.16. The maximum Gasteiger partial charge on any atom is 0.0587 e. The van der Waals surface area contributed by atoms with Crippen molar-refractivity contribution in [3.8, 4) is 0 Å². The van der Waals surface area contributed by atoms with Crippen molar-refractivity contribution < 1.29 is 4.74 Å². The van der Waals surface area contributed by atoms with Crippen molar-refractivity contribution in [3.05, 3.63) is 34.3 Å². The maximum absolute atomic E-state index is 5.17. The van der Waals surface area contributed by atoms with Gasteiger partial charge in [0.1, 0.15) is 0 Å². The summed E-state index contributed by atoms with van der Waals surface area (Å²) < 4.78 is 6.34. The molecule has 0 aliphatic heterocycles. The fourth-order valence-corrected chi connectivity index (χ4v) is 4.84. The molecule has 0 spiro atoms. The zero-order valence-corrected chi connectivity index (χ0v) is 14.5. The van der Waals surface area contributed by atoms with Crippen LogP contribution in [-0.2, 0) is 11.2 Å². The molecule has 3 rings (SSSR count). The molecule has 21 heavy (non-hydrogen) atoms. The predicted octanol–water partition coefficient (Wildman–Crippen LogP) is 4.03. The van der Waals surface area contributed by atoms with E-state index in [2.05, 4.69) is 45.5 Å². The van der Waals surface area contributed by atoms with Crippen molar-refractivity contribution in [1.82, 2.24) is 5.32 Å². The summed E-state index contributed by atoms with van der Waals surface area (Å²) >= 11 is 3.54. The molecule has 2 aliphatic rings. The SMILES string of the molecule is COCCNCC1(Cc2ccc(Br)cc2)CC2CCC1C2. The lowest BCUT2D eigenvalue weighted by Gasteiger charge is -2.38. The van der Waals surface area contributed by atoms with Gasteiger partial charge >= 0.3 is 0 Å². The Hall–Kier alpha value is -0.380. The van der Waals surface area contributed by atoms with Crippen molar-refractivity contribution in [3.63, 3.8) is 0 Å². The van der Waals surface area contributed by atoms with Gasteiger partial charge in [-0.2, -0.15) is 0 Å². The monoisotopic (exact) mass is 351 g/mol. The third kappa shape index (κ3) is 3.52. The molecule has 0 saturated heterocycles. The van der Waals surface area contributed by atoms with Crippen LogP contribution < -0.4 is 5.32 Å². The molecule has 0 radical (unpaired) electrons. The molecule has 1 aromatic carbocycles. The van der Waals surface area contributed by atoms with Crippen LogP contribution in [0.5, 0.6) is 0 Å². The Balaban J connectivity index is 1.69. The minimum atomic E-state index is 0.477. The van der Waals surface area contributed by atoms with Crippen LogP contribution in [0.2, 0.25) is 0 Å². The average molecular weight is 352 g/mol. The predicted molar refractivity (Wildman–Crippen MR) is 90.5 cm³/mol. The van der Waals surface area contributed by atoms with E-state index in [9.17, 15) is 0 Å². The Morgan fingerprint density at radius 3 is 2.71 bits per heavy atom. The lowest BCUT2D eigenvalue weighted by Crippen LogP contribution is -2.41. The number of ether oxygens (including phenoxy) is 1. The molecule has 0 heterocycles. The highest BCUT2D eigenvalue weighted by Crippen LogP contribution is 2.57. The summed E-state index contributed by atoms with van der Waals surface area (Å²) in [5.41, 5.74) is 1.96. The van der Waals surface area contributed by atoms with Crippen LogP contribution in [0.15, 0.2) is 28.7 Å². The smallest absolute Gasteiger partial charge is 0.0587 e. The molecule has 0 amide bonds. The van der Waals surface area contributed by atoms with Crippen LogP contribution in [0.3, 0.4) is 0 Å². The van der Waals surface area contributed by atoms with E-state index in [1.807, 2.05) is 0 Å². The molecule has 0 aromatic heterocycles. The Morgan fingerprint density at radius 2 is 2.10 bits per heavy atom. The molecule has 2 aliphatic carbocycles. The highest BCUT2D eigenvalue weighted by Gasteiger charge is 2.50. The quantitative estimate of drug-likeness (QED) is 0.748. The highest BCUT2D eigenvalue weighted by atomic mass is 79.9. The van der Waals surface area contributed by atoms with Crippen LogP contribution in [0.4, 0.5) is 0 Å². The van der Waals surface area contributed by atoms with Gasteiger partial charge < -0.3 is 10.1 Å². The van der Waals surface area contributed by atoms with E-state index in [4.69, 9.17) is 4.74 Å². The van der Waals surface area contributed by atoms with E-state index in [-0.39, 0.29) is 0 Å². The summed E-state index contributed by atoms with van der Waals surface area (Å²) in [5, 5.41) is 3.65. The molecule has 2 saturated carbocycles. The molecule has 1 N–H and O–H groups in total. The normalized spacial score (nSPS) is 31.0. The van der Waals surface area contributed by atoms with Gasteiger partial charge in [0.05, 0.1) is 6.61 Å². The lowest BCUT2D eigenvalue weighted by atomic mass is 9.69. The Labute approximate surface area is 136 Å². The number of benzene rings is 1. The second-order valence-corrected chi connectivity index (χ2v) is 7.83. The van der Waals surface area contributed by atoms with E-state index >= 15 is 0 Å². The number of fused-ring (bicyclic) bond motifs is 2. The number of nitrogens with one attached hydrogen (secondary N) is 1. The van der Waals surface area contributed by atoms with Gasteiger partial charge in [0, 0.05) is 24.7 Å². The first-order valence-corrected chi connectivity index (χ1v) is 8.95. The molecule has 3 heteroatoms. The van der Waals surface area contributed by atoms with Crippen molar-refractivity contribution in [2.45, 2.75) is 32.1 Å². The van der Waals surface area contributed by atoms with E-state index in [1.54, 1.807) is 7.11 Å². The number of halogens is 1. The maximum atomic E-state index is 5.17. The van der Waals surface area contributed by atoms with E-state index in [0.717, 1.165) is 31.5 Å². The van der Waals surface area contributed by atoms with Crippen LogP contribution in [0.1, 0.15) is 31.2 Å². The summed E-state index contributed by atoms with van der Waals surface area (Å²) in [6.07, 6.45) is 7.00. The van der Waals surface area contributed by atoms with Crippen molar-refractivity contribution in [2.75, 3.05) is 26.8 Å². The summed E-state index contributed by atoms with van der Waals surface area (Å²) in [5.74, 6) is 1.90. The van der Waals surface area contributed by atoms with E-state index in [0.29, 0.717) is 5.41 Å². The van der Waals surface area contributed by atoms with Crippen LogP contribution in [0, 0.1) is 17.3 Å². The third-order valence-corrected chi connectivity index (χ3v) is 6.06. The van der Waals surface area contributed by atoms with Crippen LogP contribution in [0.25, 0.3) is 0 Å². The number of rotatable bonds is 7. The van der Waals surface area contributed by atoms with Gasteiger partial charge in [-0.05, 0) is 60.6 Å². The van der Waals surface area contributed by atoms with Crippen LogP contribution in [-0.4, -0.2) is 26.8 Å². The standard InChI is InChI=1S/C18H26BrNO/c1-21-9-8-20-13-18(12-15-2-5-16(18)10-15)11-14-3-6-17(19)7-4-14/h3-4,6-7,15-16,20H,2,5,8-13H2,1H3. The second kappa shape index (κ2) is 6.80. The molecule has 2 bridgehead atoms. The topological polar surface area (TPSA) is 21.3 Å². The lowest BCUT2D eigenvalue weighted by molar-refractivity contribution is 0.145. The Bertz CT molecular complexity index is 461. The third-order valence-electron chi connectivity index (χ3n) is 5.53. The summed E-state index contributed by atoms with van der Waals surface area (Å²) in [4.78, 5) is 0. The van der Waals surface area contributed by atoms with E-state index < -0.39 is 0 Å². The van der Waals surface area contributed by atoms with Crippen molar-refractivity contribution in [1.29, 1.82) is 0 Å². The number of hydrogen-bond donors (Lipinski definition) is 1. The molecule has 3 unspecified atom stereocenters. The first kappa shape index (κ1) is 15.5. The largest absolute Gasteiger partial charge is 0.383 e. The fourth-order valence-electron chi connectivity index (χ4n) is 4.57. The number of methoxy groups -OCH3 is 1. The molecule has 2 nitrogen and oxygen atoms in total. The van der Waals surface area contributed by atoms with Crippen molar-refractivity contribution in [2.24, 2.45) is 17.3 Å². The molecular formula is C18H26BrNO. The van der Waals surface area contributed by atoms with E-state index in [1.165, 1.54) is 42.1 Å². The van der Waals surface area contributed by atoms with Crippen molar-refractivity contribution >= 4 is 15.9 Å². The Morgan fingerprint density at radius 1 is 1.29 bits per heavy atom. The van der Waals surface area contributed by atoms with Gasteiger partial charge in [-0.3, -0.25) is 0 Å². The first-order chi connectivity index (χ1) is 10.2. The van der Waals surface area contributed by atoms with Gasteiger partial charge in [0.15, 0.2) is 0 Å². The van der Waals surface area contributed by atoms with Gasteiger partial charge in [0.25, 0.3) is 0 Å². The summed E-state index contributed by atoms with van der Waals surface area (Å²) in [7, 11) is 1.77. The zero-order chi connectivity index (χ0) is 14.7. The van der Waals surface area contributed by atoms with Gasteiger partial charge in [0.2, 0.25) is 0 Å². The molecule has 116 valence electrons. The zero-order valence-electron chi connectivity index (χ0n) is 12.9. The van der Waals surface area contributed by atoms with Crippen LogP contribution >= 0.6 is 15.9 Å². The average Bonchev–Trinajstić information content (AvgIpc) is 3.07. The number of hydrogen-bond acceptors (Lipinski definition) is 2. The van der Waals surface area contributed by atoms with Gasteiger partial charge in [-0.25, -0.2) is 0 Å².